The molecule has 2 N–H and O–H groups in total. The van der Waals surface area contributed by atoms with Crippen LogP contribution in [0.4, 0.5) is 10.5 Å². The summed E-state index contributed by atoms with van der Waals surface area (Å²) in [7, 11) is -3.67. The zero-order chi connectivity index (χ0) is 23.3. The number of aryl methyl sites for hydroxylation is 2. The molecule has 7 heteroatoms. The van der Waals surface area contributed by atoms with Crippen LogP contribution in [0.25, 0.3) is 0 Å². The van der Waals surface area contributed by atoms with Crippen molar-refractivity contribution in [2.24, 2.45) is 0 Å². The van der Waals surface area contributed by atoms with Crippen LogP contribution < -0.4 is 10.0 Å². The highest BCUT2D eigenvalue weighted by atomic mass is 32.2. The van der Waals surface area contributed by atoms with E-state index in [0.29, 0.717) is 6.42 Å². The average Bonchev–Trinajstić information content (AvgIpc) is 3.45. The molecule has 178 valence electrons. The van der Waals surface area contributed by atoms with Crippen molar-refractivity contribution >= 4 is 21.7 Å². The number of fused-ring (bicyclic) bond motifs is 2. The van der Waals surface area contributed by atoms with Crippen molar-refractivity contribution in [3.63, 3.8) is 0 Å². The van der Waals surface area contributed by atoms with E-state index >= 15 is 0 Å². The van der Waals surface area contributed by atoms with Crippen LogP contribution in [-0.4, -0.2) is 38.2 Å². The summed E-state index contributed by atoms with van der Waals surface area (Å²) in [6.45, 7) is 4.71. The van der Waals surface area contributed by atoms with Crippen LogP contribution in [-0.2, 0) is 42.3 Å². The van der Waals surface area contributed by atoms with Gasteiger partial charge in [0.25, 0.3) is 0 Å². The Kier molecular flexibility index (Phi) is 7.71. The molecule has 0 spiro atoms. The first kappa shape index (κ1) is 23.8. The number of rotatable bonds is 10. The Labute approximate surface area is 197 Å². The van der Waals surface area contributed by atoms with Crippen molar-refractivity contribution in [2.45, 2.75) is 64.8 Å². The normalized spacial score (nSPS) is 14.8. The highest BCUT2D eigenvalue weighted by molar-refractivity contribution is 7.90. The molecule has 4 rings (SSSR count). The molecule has 2 aliphatic carbocycles. The van der Waals surface area contributed by atoms with Gasteiger partial charge in [-0.25, -0.2) is 17.9 Å². The number of benzene rings is 2. The number of nitrogens with zero attached hydrogens (tertiary/aromatic N) is 1. The Bertz CT molecular complexity index is 1050. The van der Waals surface area contributed by atoms with Crippen LogP contribution in [0.5, 0.6) is 0 Å². The lowest BCUT2D eigenvalue weighted by molar-refractivity contribution is 0.256. The van der Waals surface area contributed by atoms with Crippen LogP contribution in [0.1, 0.15) is 60.4 Å². The van der Waals surface area contributed by atoms with Crippen molar-refractivity contribution < 1.29 is 13.2 Å². The molecule has 0 heterocycles. The fourth-order valence-electron chi connectivity index (χ4n) is 5.12. The maximum Gasteiger partial charge on any atom is 0.332 e. The molecule has 6 nitrogen and oxygen atoms in total. The molecule has 0 fully saturated rings. The first-order valence-corrected chi connectivity index (χ1v) is 13.8. The van der Waals surface area contributed by atoms with Gasteiger partial charge in [0, 0.05) is 12.2 Å². The average molecular weight is 470 g/mol. The number of hydrogen-bond acceptors (Lipinski definition) is 4. The molecule has 33 heavy (non-hydrogen) atoms. The van der Waals surface area contributed by atoms with E-state index in [4.69, 9.17) is 0 Å². The second kappa shape index (κ2) is 10.7. The van der Waals surface area contributed by atoms with E-state index in [-0.39, 0.29) is 5.75 Å². The molecular weight excluding hydrogens is 434 g/mol. The molecule has 2 aromatic rings. The number of anilines is 1. The largest absolute Gasteiger partial charge is 0.332 e. The van der Waals surface area contributed by atoms with Gasteiger partial charge >= 0.3 is 6.03 Å². The lowest BCUT2D eigenvalue weighted by Gasteiger charge is -2.20. The zero-order valence-electron chi connectivity index (χ0n) is 19.5. The van der Waals surface area contributed by atoms with Crippen LogP contribution in [0.2, 0.25) is 0 Å². The molecule has 0 aliphatic heterocycles. The molecule has 0 saturated carbocycles. The molecule has 0 saturated heterocycles. The Hall–Kier alpha value is -2.38. The monoisotopic (exact) mass is 469 g/mol. The van der Waals surface area contributed by atoms with Gasteiger partial charge in [-0.15, -0.1) is 0 Å². The van der Waals surface area contributed by atoms with E-state index in [1.54, 1.807) is 0 Å². The quantitative estimate of drug-likeness (QED) is 0.505. The highest BCUT2D eigenvalue weighted by Gasteiger charge is 2.25. The third-order valence-electron chi connectivity index (χ3n) is 6.79. The number of hydrogen-bond donors (Lipinski definition) is 2. The summed E-state index contributed by atoms with van der Waals surface area (Å²) in [4.78, 5) is 14.9. The number of carbonyl (C=O) groups excluding carboxylic acids is 1. The van der Waals surface area contributed by atoms with Crippen molar-refractivity contribution in [3.05, 3.63) is 64.2 Å². The molecule has 0 atom stereocenters. The summed E-state index contributed by atoms with van der Waals surface area (Å²) in [5.74, 6) is -0.0473. The topological polar surface area (TPSA) is 78.5 Å². The Balaban J connectivity index is 1.27. The lowest BCUT2D eigenvalue weighted by Crippen LogP contribution is -2.36. The van der Waals surface area contributed by atoms with Gasteiger partial charge in [0.1, 0.15) is 0 Å². The van der Waals surface area contributed by atoms with E-state index in [0.717, 1.165) is 70.3 Å². The molecule has 0 unspecified atom stereocenters. The van der Waals surface area contributed by atoms with Gasteiger partial charge in [0.15, 0.2) is 0 Å². The van der Waals surface area contributed by atoms with Gasteiger partial charge in [0.05, 0.1) is 5.75 Å². The predicted molar refractivity (Wildman–Crippen MR) is 133 cm³/mol. The minimum Gasteiger partial charge on any atom is -0.307 e. The predicted octanol–water partition coefficient (Wildman–Crippen LogP) is 4.42. The Morgan fingerprint density at radius 3 is 2.27 bits per heavy atom. The molecule has 2 aliphatic rings. The lowest BCUT2D eigenvalue weighted by atomic mass is 9.99. The summed E-state index contributed by atoms with van der Waals surface area (Å²) in [6, 6.07) is 11.9. The van der Waals surface area contributed by atoms with Gasteiger partial charge < -0.3 is 5.32 Å². The summed E-state index contributed by atoms with van der Waals surface area (Å²) in [6.07, 6.45) is 7.43. The summed E-state index contributed by atoms with van der Waals surface area (Å²) in [5.41, 5.74) is 7.13. The van der Waals surface area contributed by atoms with Crippen molar-refractivity contribution in [1.82, 2.24) is 9.62 Å². The number of urea groups is 1. The van der Waals surface area contributed by atoms with E-state index < -0.39 is 16.1 Å². The van der Waals surface area contributed by atoms with Gasteiger partial charge in [-0.05, 0) is 92.3 Å². The first-order valence-electron chi connectivity index (χ1n) is 12.2. The van der Waals surface area contributed by atoms with Gasteiger partial charge in [-0.3, -0.25) is 4.90 Å². The smallest absolute Gasteiger partial charge is 0.307 e. The Morgan fingerprint density at radius 1 is 0.970 bits per heavy atom. The van der Waals surface area contributed by atoms with E-state index in [1.165, 1.54) is 27.8 Å². The fraction of sp³-hybridized carbons (Fsp3) is 0.500. The molecular formula is C26H35N3O3S. The number of sulfonamides is 1. The highest BCUT2D eigenvalue weighted by Crippen LogP contribution is 2.38. The molecule has 0 aromatic heterocycles. The summed E-state index contributed by atoms with van der Waals surface area (Å²) >= 11 is 0. The fourth-order valence-corrected chi connectivity index (χ4v) is 6.14. The summed E-state index contributed by atoms with van der Waals surface area (Å²) < 4.78 is 27.3. The SMILES string of the molecule is CCN(CCCCS(=O)(=O)NC(=O)Nc1c2c(cc3c1CCC3)CCC2)Cc1ccccc1. The van der Waals surface area contributed by atoms with Crippen molar-refractivity contribution in [2.75, 3.05) is 24.2 Å². The maximum atomic E-state index is 12.6. The number of nitrogens with one attached hydrogen (secondary N) is 2. The third kappa shape index (κ3) is 6.15. The van der Waals surface area contributed by atoms with Gasteiger partial charge in [0.2, 0.25) is 10.0 Å². The minimum absolute atomic E-state index is 0.0473. The minimum atomic E-state index is -3.67. The van der Waals surface area contributed by atoms with E-state index in [2.05, 4.69) is 40.1 Å². The van der Waals surface area contributed by atoms with Crippen molar-refractivity contribution in [3.8, 4) is 0 Å². The van der Waals surface area contributed by atoms with E-state index in [1.807, 2.05) is 18.2 Å². The van der Waals surface area contributed by atoms with Crippen LogP contribution >= 0.6 is 0 Å². The number of unbranched alkanes of at least 4 members (excludes halogenated alkanes) is 1. The molecule has 0 radical (unpaired) electrons. The second-order valence-corrected chi connectivity index (χ2v) is 11.0. The molecule has 2 amide bonds. The standard InChI is InChI=1S/C26H35N3O3S/c1-2-29(19-20-10-4-3-5-11-20)16-6-7-17-33(31,32)28-26(30)27-25-23-14-8-12-21(23)18-22-13-9-15-24(22)25/h3-5,10-11,18H,2,6-9,12-17,19H2,1H3,(H2,27,28,30). The van der Waals surface area contributed by atoms with Gasteiger partial charge in [-0.1, -0.05) is 43.3 Å². The van der Waals surface area contributed by atoms with Crippen LogP contribution in [0.3, 0.4) is 0 Å². The van der Waals surface area contributed by atoms with E-state index in [9.17, 15) is 13.2 Å². The maximum absolute atomic E-state index is 12.6. The Morgan fingerprint density at radius 2 is 1.64 bits per heavy atom. The van der Waals surface area contributed by atoms with Gasteiger partial charge in [-0.2, -0.15) is 0 Å². The molecule has 2 aromatic carbocycles. The van der Waals surface area contributed by atoms with Crippen LogP contribution in [0.15, 0.2) is 36.4 Å². The second-order valence-electron chi connectivity index (χ2n) is 9.17. The van der Waals surface area contributed by atoms with Crippen molar-refractivity contribution in [1.29, 1.82) is 0 Å². The molecule has 0 bridgehead atoms. The number of carbonyl (C=O) groups is 1. The first-order chi connectivity index (χ1) is 15.9. The number of amides is 2. The van der Waals surface area contributed by atoms with Crippen LogP contribution in [0, 0.1) is 0 Å². The third-order valence-corrected chi connectivity index (χ3v) is 8.12. The summed E-state index contributed by atoms with van der Waals surface area (Å²) in [5, 5.41) is 2.91. The zero-order valence-corrected chi connectivity index (χ0v) is 20.3.